The van der Waals surface area contributed by atoms with E-state index in [0.717, 1.165) is 44.1 Å². The maximum atomic E-state index is 10.6. The number of ether oxygens (including phenoxy) is 1. The Labute approximate surface area is 121 Å². The van der Waals surface area contributed by atoms with Crippen molar-refractivity contribution in [1.29, 1.82) is 0 Å². The molecular weight excluding hydrogens is 250 g/mol. The Morgan fingerprint density at radius 1 is 1.25 bits per heavy atom. The number of benzene rings is 1. The number of aryl methyl sites for hydroxylation is 1. The molecule has 0 saturated heterocycles. The topological polar surface area (TPSA) is 32.7 Å². The summed E-state index contributed by atoms with van der Waals surface area (Å²) in [5.74, 6) is 0.826. The van der Waals surface area contributed by atoms with E-state index >= 15 is 0 Å². The molecule has 1 saturated carbocycles. The van der Waals surface area contributed by atoms with Gasteiger partial charge in [-0.15, -0.1) is 0 Å². The molecule has 0 spiro atoms. The average molecular weight is 275 g/mol. The van der Waals surface area contributed by atoms with Gasteiger partial charge in [-0.1, -0.05) is 24.3 Å². The van der Waals surface area contributed by atoms with Gasteiger partial charge in [0.2, 0.25) is 0 Å². The van der Waals surface area contributed by atoms with Gasteiger partial charge in [0.1, 0.15) is 0 Å². The Kier molecular flexibility index (Phi) is 4.39. The molecule has 110 valence electrons. The third-order valence-electron chi connectivity index (χ3n) is 4.65. The molecule has 2 atom stereocenters. The number of likely N-dealkylation sites (N-methyl/N-ethyl adjacent to an activating group) is 1. The number of aliphatic hydroxyl groups is 1. The fourth-order valence-corrected chi connectivity index (χ4v) is 3.09. The van der Waals surface area contributed by atoms with E-state index in [1.807, 2.05) is 6.07 Å². The average Bonchev–Trinajstić information content (AvgIpc) is 3.28. The first kappa shape index (κ1) is 14.1. The Hall–Kier alpha value is -0.900. The maximum absolute atomic E-state index is 10.6. The van der Waals surface area contributed by atoms with Gasteiger partial charge in [0.05, 0.1) is 12.7 Å². The van der Waals surface area contributed by atoms with E-state index in [1.54, 1.807) is 0 Å². The molecule has 1 aromatic carbocycles. The van der Waals surface area contributed by atoms with Crippen LogP contribution in [0.2, 0.25) is 0 Å². The predicted octanol–water partition coefficient (Wildman–Crippen LogP) is 2.39. The molecule has 0 heterocycles. The van der Waals surface area contributed by atoms with E-state index in [4.69, 9.17) is 4.74 Å². The standard InChI is InChI=1S/C17H25NO2/c1-18(10-11-20-12-13-6-7-13)16-9-8-14-4-2-3-5-15(14)17(16)19/h2-5,13,16-17,19H,6-12H2,1H3. The predicted molar refractivity (Wildman–Crippen MR) is 79.7 cm³/mol. The first-order valence-electron chi connectivity index (χ1n) is 7.79. The van der Waals surface area contributed by atoms with Crippen LogP contribution in [0.25, 0.3) is 0 Å². The van der Waals surface area contributed by atoms with Crippen LogP contribution < -0.4 is 0 Å². The fraction of sp³-hybridized carbons (Fsp3) is 0.647. The largest absolute Gasteiger partial charge is 0.387 e. The molecule has 0 amide bonds. The highest BCUT2D eigenvalue weighted by Crippen LogP contribution is 2.32. The Balaban J connectivity index is 1.51. The molecule has 1 fully saturated rings. The van der Waals surface area contributed by atoms with Crippen LogP contribution in [0, 0.1) is 5.92 Å². The molecule has 3 heteroatoms. The highest BCUT2D eigenvalue weighted by molar-refractivity contribution is 5.32. The smallest absolute Gasteiger partial charge is 0.0947 e. The molecule has 2 aliphatic carbocycles. The van der Waals surface area contributed by atoms with Crippen molar-refractivity contribution >= 4 is 0 Å². The summed E-state index contributed by atoms with van der Waals surface area (Å²) in [6.45, 7) is 2.60. The lowest BCUT2D eigenvalue weighted by Gasteiger charge is -2.36. The van der Waals surface area contributed by atoms with Gasteiger partial charge in [0.25, 0.3) is 0 Å². The molecule has 2 aliphatic rings. The van der Waals surface area contributed by atoms with Crippen molar-refractivity contribution in [2.45, 2.75) is 37.8 Å². The van der Waals surface area contributed by atoms with Crippen molar-refractivity contribution in [3.05, 3.63) is 35.4 Å². The number of hydrogen-bond donors (Lipinski definition) is 1. The summed E-state index contributed by atoms with van der Waals surface area (Å²) < 4.78 is 5.70. The zero-order valence-corrected chi connectivity index (χ0v) is 12.3. The monoisotopic (exact) mass is 275 g/mol. The van der Waals surface area contributed by atoms with Crippen LogP contribution in [0.1, 0.15) is 36.5 Å². The molecular formula is C17H25NO2. The lowest BCUT2D eigenvalue weighted by Crippen LogP contribution is -2.41. The van der Waals surface area contributed by atoms with E-state index in [-0.39, 0.29) is 12.1 Å². The van der Waals surface area contributed by atoms with Crippen LogP contribution >= 0.6 is 0 Å². The highest BCUT2D eigenvalue weighted by Gasteiger charge is 2.30. The normalized spacial score (nSPS) is 25.8. The van der Waals surface area contributed by atoms with Crippen molar-refractivity contribution in [3.8, 4) is 0 Å². The second-order valence-electron chi connectivity index (χ2n) is 6.25. The van der Waals surface area contributed by atoms with E-state index < -0.39 is 0 Å². The second kappa shape index (κ2) is 6.25. The van der Waals surface area contributed by atoms with Gasteiger partial charge in [-0.2, -0.15) is 0 Å². The summed E-state index contributed by atoms with van der Waals surface area (Å²) in [5, 5.41) is 10.6. The van der Waals surface area contributed by atoms with Crippen molar-refractivity contribution in [2.75, 3.05) is 26.8 Å². The van der Waals surface area contributed by atoms with Crippen LogP contribution in [0.4, 0.5) is 0 Å². The zero-order valence-electron chi connectivity index (χ0n) is 12.3. The van der Waals surface area contributed by atoms with Crippen molar-refractivity contribution < 1.29 is 9.84 Å². The van der Waals surface area contributed by atoms with E-state index in [0.29, 0.717) is 0 Å². The summed E-state index contributed by atoms with van der Waals surface area (Å²) in [6.07, 6.45) is 4.40. The SMILES string of the molecule is CN(CCOCC1CC1)C1CCc2ccccc2C1O. The molecule has 3 nitrogen and oxygen atoms in total. The molecule has 0 aliphatic heterocycles. The fourth-order valence-electron chi connectivity index (χ4n) is 3.09. The van der Waals surface area contributed by atoms with Gasteiger partial charge >= 0.3 is 0 Å². The minimum absolute atomic E-state index is 0.217. The van der Waals surface area contributed by atoms with Crippen molar-refractivity contribution in [1.82, 2.24) is 4.90 Å². The third-order valence-corrected chi connectivity index (χ3v) is 4.65. The zero-order chi connectivity index (χ0) is 13.9. The molecule has 1 N–H and O–H groups in total. The van der Waals surface area contributed by atoms with Gasteiger partial charge in [-0.3, -0.25) is 4.90 Å². The number of fused-ring (bicyclic) bond motifs is 1. The molecule has 20 heavy (non-hydrogen) atoms. The van der Waals surface area contributed by atoms with Crippen LogP contribution in [0.15, 0.2) is 24.3 Å². The van der Waals surface area contributed by atoms with E-state index in [9.17, 15) is 5.11 Å². The van der Waals surface area contributed by atoms with Gasteiger partial charge < -0.3 is 9.84 Å². The summed E-state index contributed by atoms with van der Waals surface area (Å²) in [6, 6.07) is 8.48. The molecule has 2 unspecified atom stereocenters. The van der Waals surface area contributed by atoms with Crippen molar-refractivity contribution in [3.63, 3.8) is 0 Å². The third kappa shape index (κ3) is 3.22. The summed E-state index contributed by atoms with van der Waals surface area (Å²) in [7, 11) is 2.10. The molecule has 3 rings (SSSR count). The summed E-state index contributed by atoms with van der Waals surface area (Å²) in [5.41, 5.74) is 2.41. The van der Waals surface area contributed by atoms with Gasteiger partial charge in [-0.25, -0.2) is 0 Å². The minimum Gasteiger partial charge on any atom is -0.387 e. The van der Waals surface area contributed by atoms with Crippen LogP contribution in [0.3, 0.4) is 0 Å². The maximum Gasteiger partial charge on any atom is 0.0947 e. The summed E-state index contributed by atoms with van der Waals surface area (Å²) >= 11 is 0. The minimum atomic E-state index is -0.367. The lowest BCUT2D eigenvalue weighted by molar-refractivity contribution is 0.0284. The van der Waals surface area contributed by atoms with Crippen LogP contribution in [-0.4, -0.2) is 42.9 Å². The van der Waals surface area contributed by atoms with Gasteiger partial charge in [-0.05, 0) is 49.8 Å². The number of hydrogen-bond acceptors (Lipinski definition) is 3. The van der Waals surface area contributed by atoms with Gasteiger partial charge in [0, 0.05) is 19.2 Å². The molecule has 0 bridgehead atoms. The second-order valence-corrected chi connectivity index (χ2v) is 6.25. The first-order valence-corrected chi connectivity index (χ1v) is 7.79. The first-order chi connectivity index (χ1) is 9.75. The van der Waals surface area contributed by atoms with Gasteiger partial charge in [0.15, 0.2) is 0 Å². The van der Waals surface area contributed by atoms with Crippen LogP contribution in [-0.2, 0) is 11.2 Å². The number of nitrogens with zero attached hydrogens (tertiary/aromatic N) is 1. The quantitative estimate of drug-likeness (QED) is 0.809. The van der Waals surface area contributed by atoms with Crippen molar-refractivity contribution in [2.24, 2.45) is 5.92 Å². The molecule has 1 aromatic rings. The Morgan fingerprint density at radius 2 is 2.05 bits per heavy atom. The van der Waals surface area contributed by atoms with E-state index in [1.165, 1.54) is 18.4 Å². The Bertz CT molecular complexity index is 444. The lowest BCUT2D eigenvalue weighted by atomic mass is 9.85. The molecule has 0 aromatic heterocycles. The number of rotatable bonds is 6. The van der Waals surface area contributed by atoms with E-state index in [2.05, 4.69) is 30.1 Å². The van der Waals surface area contributed by atoms with Crippen LogP contribution in [0.5, 0.6) is 0 Å². The Morgan fingerprint density at radius 3 is 2.85 bits per heavy atom. The highest BCUT2D eigenvalue weighted by atomic mass is 16.5. The molecule has 0 radical (unpaired) electrons. The number of aliphatic hydroxyl groups excluding tert-OH is 1. The summed E-state index contributed by atoms with van der Waals surface area (Å²) in [4.78, 5) is 2.26.